The van der Waals surface area contributed by atoms with Crippen LogP contribution in [-0.4, -0.2) is 20.6 Å². The molecular weight excluding hydrogens is 467 g/mol. The molecule has 1 saturated heterocycles. The van der Waals surface area contributed by atoms with Crippen LogP contribution in [0.25, 0.3) is 11.8 Å². The zero-order valence-corrected chi connectivity index (χ0v) is 18.8. The van der Waals surface area contributed by atoms with Gasteiger partial charge in [0.05, 0.1) is 11.4 Å². The number of imide groups is 1. The molecule has 1 aromatic heterocycles. The highest BCUT2D eigenvalue weighted by atomic mass is 79.9. The van der Waals surface area contributed by atoms with Crippen LogP contribution in [0.1, 0.15) is 22.5 Å². The number of halogens is 2. The zero-order chi connectivity index (χ0) is 21.4. The van der Waals surface area contributed by atoms with E-state index in [1.54, 1.807) is 18.2 Å². The first-order chi connectivity index (χ1) is 14.3. The summed E-state index contributed by atoms with van der Waals surface area (Å²) in [6.07, 6.45) is 1.76. The number of aryl methyl sites for hydroxylation is 1. The van der Waals surface area contributed by atoms with E-state index >= 15 is 0 Å². The average Bonchev–Trinajstić information content (AvgIpc) is 3.14. The van der Waals surface area contributed by atoms with E-state index in [1.807, 2.05) is 48.7 Å². The third-order valence-electron chi connectivity index (χ3n) is 4.97. The van der Waals surface area contributed by atoms with E-state index in [0.717, 1.165) is 44.4 Å². The van der Waals surface area contributed by atoms with Gasteiger partial charge in [-0.05, 0) is 85.3 Å². The standard InChI is InChI=1S/C23H18BrFN2O2S/c1-14-11-17(15(2)27(14)20-9-7-19(25)8-10-20)12-21-22(28)26(23(29)30-21)13-16-3-5-18(24)6-4-16/h3-12H,13H2,1-2H3/b21-12-. The van der Waals surface area contributed by atoms with Gasteiger partial charge >= 0.3 is 0 Å². The van der Waals surface area contributed by atoms with Crippen molar-refractivity contribution in [1.82, 2.24) is 9.47 Å². The first-order valence-corrected chi connectivity index (χ1v) is 10.9. The first-order valence-electron chi connectivity index (χ1n) is 9.28. The maximum atomic E-state index is 13.3. The highest BCUT2D eigenvalue weighted by molar-refractivity contribution is 9.10. The van der Waals surface area contributed by atoms with E-state index in [1.165, 1.54) is 17.0 Å². The van der Waals surface area contributed by atoms with Crippen molar-refractivity contribution in [3.63, 3.8) is 0 Å². The summed E-state index contributed by atoms with van der Waals surface area (Å²) in [5.41, 5.74) is 4.45. The number of amides is 2. The molecular formula is C23H18BrFN2O2S. The highest BCUT2D eigenvalue weighted by Gasteiger charge is 2.35. The Bertz CT molecular complexity index is 1170. The molecule has 1 aliphatic heterocycles. The van der Waals surface area contributed by atoms with Gasteiger partial charge in [-0.2, -0.15) is 0 Å². The summed E-state index contributed by atoms with van der Waals surface area (Å²) in [6, 6.07) is 15.8. The fourth-order valence-corrected chi connectivity index (χ4v) is 4.56. The molecule has 0 atom stereocenters. The number of hydrogen-bond acceptors (Lipinski definition) is 3. The van der Waals surface area contributed by atoms with Crippen LogP contribution < -0.4 is 0 Å². The van der Waals surface area contributed by atoms with Gasteiger partial charge in [-0.25, -0.2) is 4.39 Å². The smallest absolute Gasteiger partial charge is 0.293 e. The maximum Gasteiger partial charge on any atom is 0.293 e. The fourth-order valence-electron chi connectivity index (χ4n) is 3.47. The molecule has 2 aromatic carbocycles. The molecule has 3 aromatic rings. The molecule has 0 spiro atoms. The van der Waals surface area contributed by atoms with Crippen molar-refractivity contribution in [2.75, 3.05) is 0 Å². The summed E-state index contributed by atoms with van der Waals surface area (Å²) >= 11 is 4.33. The lowest BCUT2D eigenvalue weighted by molar-refractivity contribution is -0.123. The van der Waals surface area contributed by atoms with Crippen LogP contribution in [-0.2, 0) is 11.3 Å². The van der Waals surface area contributed by atoms with Crippen molar-refractivity contribution in [2.45, 2.75) is 20.4 Å². The van der Waals surface area contributed by atoms with Crippen molar-refractivity contribution >= 4 is 44.9 Å². The lowest BCUT2D eigenvalue weighted by Crippen LogP contribution is -2.27. The van der Waals surface area contributed by atoms with Gasteiger partial charge in [0.15, 0.2) is 0 Å². The lowest BCUT2D eigenvalue weighted by Gasteiger charge is -2.12. The minimum Gasteiger partial charge on any atom is -0.318 e. The van der Waals surface area contributed by atoms with Gasteiger partial charge in [-0.3, -0.25) is 14.5 Å². The monoisotopic (exact) mass is 484 g/mol. The molecule has 2 amide bonds. The van der Waals surface area contributed by atoms with Crippen LogP contribution in [0.5, 0.6) is 0 Å². The topological polar surface area (TPSA) is 42.3 Å². The molecule has 1 aliphatic rings. The second kappa shape index (κ2) is 8.24. The zero-order valence-electron chi connectivity index (χ0n) is 16.4. The molecule has 152 valence electrons. The van der Waals surface area contributed by atoms with Gasteiger partial charge in [0, 0.05) is 21.5 Å². The SMILES string of the molecule is Cc1cc(/C=C2\SC(=O)N(Cc3ccc(Br)cc3)C2=O)c(C)n1-c1ccc(F)cc1. The Balaban J connectivity index is 1.61. The predicted octanol–water partition coefficient (Wildman–Crippen LogP) is 6.23. The van der Waals surface area contributed by atoms with E-state index in [-0.39, 0.29) is 23.5 Å². The van der Waals surface area contributed by atoms with Crippen LogP contribution in [0, 0.1) is 19.7 Å². The van der Waals surface area contributed by atoms with E-state index in [2.05, 4.69) is 15.9 Å². The predicted molar refractivity (Wildman–Crippen MR) is 121 cm³/mol. The number of hydrogen-bond donors (Lipinski definition) is 0. The Labute approximate surface area is 186 Å². The Morgan fingerprint density at radius 2 is 1.70 bits per heavy atom. The van der Waals surface area contributed by atoms with Gasteiger partial charge in [-0.1, -0.05) is 28.1 Å². The van der Waals surface area contributed by atoms with E-state index in [4.69, 9.17) is 0 Å². The average molecular weight is 485 g/mol. The van der Waals surface area contributed by atoms with E-state index in [9.17, 15) is 14.0 Å². The fraction of sp³-hybridized carbons (Fsp3) is 0.130. The molecule has 1 fully saturated rings. The van der Waals surface area contributed by atoms with Crippen molar-refractivity contribution < 1.29 is 14.0 Å². The molecule has 4 rings (SSSR count). The van der Waals surface area contributed by atoms with Crippen LogP contribution in [0.15, 0.2) is 64.0 Å². The van der Waals surface area contributed by atoms with Gasteiger partial charge in [0.2, 0.25) is 0 Å². The normalized spacial score (nSPS) is 15.5. The second-order valence-electron chi connectivity index (χ2n) is 7.03. The van der Waals surface area contributed by atoms with Crippen molar-refractivity contribution in [3.8, 4) is 5.69 Å². The summed E-state index contributed by atoms with van der Waals surface area (Å²) in [6.45, 7) is 4.13. The number of thioether (sulfide) groups is 1. The number of aromatic nitrogens is 1. The minimum atomic E-state index is -0.292. The summed E-state index contributed by atoms with van der Waals surface area (Å²) < 4.78 is 16.2. The molecule has 0 saturated carbocycles. The quantitative estimate of drug-likeness (QED) is 0.412. The number of rotatable bonds is 4. The van der Waals surface area contributed by atoms with Crippen molar-refractivity contribution in [3.05, 3.63) is 92.3 Å². The molecule has 7 heteroatoms. The lowest BCUT2D eigenvalue weighted by atomic mass is 10.2. The van der Waals surface area contributed by atoms with Gasteiger partial charge in [0.25, 0.3) is 11.1 Å². The van der Waals surface area contributed by atoms with Crippen LogP contribution in [0.3, 0.4) is 0 Å². The summed E-state index contributed by atoms with van der Waals surface area (Å²) in [4.78, 5) is 27.0. The molecule has 0 bridgehead atoms. The van der Waals surface area contributed by atoms with Crippen molar-refractivity contribution in [2.24, 2.45) is 0 Å². The highest BCUT2D eigenvalue weighted by Crippen LogP contribution is 2.34. The molecule has 0 radical (unpaired) electrons. The Hall–Kier alpha value is -2.64. The van der Waals surface area contributed by atoms with Crippen molar-refractivity contribution in [1.29, 1.82) is 0 Å². The second-order valence-corrected chi connectivity index (χ2v) is 8.94. The maximum absolute atomic E-state index is 13.3. The Morgan fingerprint density at radius 3 is 2.37 bits per heavy atom. The number of benzene rings is 2. The summed E-state index contributed by atoms with van der Waals surface area (Å²) in [7, 11) is 0. The molecule has 0 aliphatic carbocycles. The van der Waals surface area contributed by atoms with Crippen LogP contribution in [0.4, 0.5) is 9.18 Å². The van der Waals surface area contributed by atoms with E-state index in [0.29, 0.717) is 4.91 Å². The third kappa shape index (κ3) is 4.00. The number of carbonyl (C=O) groups is 2. The van der Waals surface area contributed by atoms with Gasteiger partial charge in [0.1, 0.15) is 5.82 Å². The summed E-state index contributed by atoms with van der Waals surface area (Å²) in [5, 5.41) is -0.276. The Morgan fingerprint density at radius 1 is 1.03 bits per heavy atom. The first kappa shape index (κ1) is 20.6. The van der Waals surface area contributed by atoms with Crippen LogP contribution >= 0.6 is 27.7 Å². The number of carbonyl (C=O) groups excluding carboxylic acids is 2. The third-order valence-corrected chi connectivity index (χ3v) is 6.41. The molecule has 4 nitrogen and oxygen atoms in total. The Kier molecular flexibility index (Phi) is 5.66. The minimum absolute atomic E-state index is 0.240. The molecule has 30 heavy (non-hydrogen) atoms. The molecule has 0 N–H and O–H groups in total. The largest absolute Gasteiger partial charge is 0.318 e. The van der Waals surface area contributed by atoms with Crippen LogP contribution in [0.2, 0.25) is 0 Å². The van der Waals surface area contributed by atoms with Gasteiger partial charge in [-0.15, -0.1) is 0 Å². The molecule has 0 unspecified atom stereocenters. The summed E-state index contributed by atoms with van der Waals surface area (Å²) in [5.74, 6) is -0.583. The number of nitrogens with zero attached hydrogens (tertiary/aromatic N) is 2. The van der Waals surface area contributed by atoms with E-state index < -0.39 is 0 Å². The van der Waals surface area contributed by atoms with Gasteiger partial charge < -0.3 is 4.57 Å². The molecule has 2 heterocycles.